The average Bonchev–Trinajstić information content (AvgIpc) is 3.01. The summed E-state index contributed by atoms with van der Waals surface area (Å²) in [4.78, 5) is 15.2. The van der Waals surface area contributed by atoms with E-state index in [-0.39, 0.29) is 5.91 Å². The Balaban J connectivity index is 1.62. The standard InChI is InChI=1S/C18H18N2O2/c1-22-17-5-3-2-4-14(17)7-9-18(21)20-15-8-6-13-10-11-19-16(13)12-15/h2-6,8,10-12,19H,7,9H2,1H3,(H,20,21). The molecule has 0 spiro atoms. The number of hydrogen-bond donors (Lipinski definition) is 2. The van der Waals surface area contributed by atoms with Crippen LogP contribution in [-0.4, -0.2) is 18.0 Å². The number of carbonyl (C=O) groups excluding carboxylic acids is 1. The van der Waals surface area contributed by atoms with Crippen LogP contribution in [-0.2, 0) is 11.2 Å². The molecular weight excluding hydrogens is 276 g/mol. The van der Waals surface area contributed by atoms with Crippen LogP contribution in [0.3, 0.4) is 0 Å². The van der Waals surface area contributed by atoms with Crippen LogP contribution in [0.4, 0.5) is 5.69 Å². The van der Waals surface area contributed by atoms with Crippen LogP contribution >= 0.6 is 0 Å². The number of benzene rings is 2. The van der Waals surface area contributed by atoms with Gasteiger partial charge in [0.15, 0.2) is 0 Å². The summed E-state index contributed by atoms with van der Waals surface area (Å²) in [6.45, 7) is 0. The number of aryl methyl sites for hydroxylation is 1. The molecule has 22 heavy (non-hydrogen) atoms. The third-order valence-electron chi connectivity index (χ3n) is 3.65. The Kier molecular flexibility index (Phi) is 4.10. The van der Waals surface area contributed by atoms with Crippen LogP contribution in [0.1, 0.15) is 12.0 Å². The lowest BCUT2D eigenvalue weighted by molar-refractivity contribution is -0.116. The molecule has 0 bridgehead atoms. The lowest BCUT2D eigenvalue weighted by atomic mass is 10.1. The molecule has 4 heteroatoms. The van der Waals surface area contributed by atoms with Gasteiger partial charge in [0.05, 0.1) is 7.11 Å². The Morgan fingerprint density at radius 1 is 1.18 bits per heavy atom. The summed E-state index contributed by atoms with van der Waals surface area (Å²) in [6, 6.07) is 15.6. The number of nitrogens with one attached hydrogen (secondary N) is 2. The first-order valence-corrected chi connectivity index (χ1v) is 7.25. The van der Waals surface area contributed by atoms with Crippen LogP contribution in [0.25, 0.3) is 10.9 Å². The fourth-order valence-corrected chi connectivity index (χ4v) is 2.51. The topological polar surface area (TPSA) is 54.1 Å². The highest BCUT2D eigenvalue weighted by Gasteiger charge is 2.07. The Hall–Kier alpha value is -2.75. The van der Waals surface area contributed by atoms with Gasteiger partial charge in [-0.25, -0.2) is 0 Å². The Morgan fingerprint density at radius 3 is 2.91 bits per heavy atom. The van der Waals surface area contributed by atoms with Crippen LogP contribution < -0.4 is 10.1 Å². The van der Waals surface area contributed by atoms with Gasteiger partial charge in [-0.15, -0.1) is 0 Å². The van der Waals surface area contributed by atoms with E-state index in [1.807, 2.05) is 54.7 Å². The highest BCUT2D eigenvalue weighted by molar-refractivity contribution is 5.93. The largest absolute Gasteiger partial charge is 0.496 e. The normalized spacial score (nSPS) is 10.6. The second kappa shape index (κ2) is 6.35. The lowest BCUT2D eigenvalue weighted by Gasteiger charge is -2.08. The third kappa shape index (κ3) is 3.11. The lowest BCUT2D eigenvalue weighted by Crippen LogP contribution is -2.12. The number of H-pyrrole nitrogens is 1. The van der Waals surface area contributed by atoms with Gasteiger partial charge in [-0.05, 0) is 41.6 Å². The molecule has 0 fully saturated rings. The summed E-state index contributed by atoms with van der Waals surface area (Å²) in [7, 11) is 1.64. The molecule has 0 radical (unpaired) electrons. The highest BCUT2D eigenvalue weighted by Crippen LogP contribution is 2.20. The van der Waals surface area contributed by atoms with Gasteiger partial charge in [0, 0.05) is 23.8 Å². The van der Waals surface area contributed by atoms with E-state index >= 15 is 0 Å². The summed E-state index contributed by atoms with van der Waals surface area (Å²) >= 11 is 0. The minimum Gasteiger partial charge on any atom is -0.496 e. The van der Waals surface area contributed by atoms with Crippen LogP contribution in [0, 0.1) is 0 Å². The van der Waals surface area contributed by atoms with Gasteiger partial charge in [0.25, 0.3) is 0 Å². The molecule has 2 aromatic carbocycles. The first-order valence-electron chi connectivity index (χ1n) is 7.25. The quantitative estimate of drug-likeness (QED) is 0.753. The SMILES string of the molecule is COc1ccccc1CCC(=O)Nc1ccc2cc[nH]c2c1. The summed E-state index contributed by atoms with van der Waals surface area (Å²) in [5.74, 6) is 0.819. The predicted octanol–water partition coefficient (Wildman–Crippen LogP) is 3.75. The van der Waals surface area contributed by atoms with E-state index in [0.717, 1.165) is 27.9 Å². The minimum absolute atomic E-state index is 0.00295. The van der Waals surface area contributed by atoms with Gasteiger partial charge in [-0.3, -0.25) is 4.79 Å². The van der Waals surface area contributed by atoms with Crippen LogP contribution in [0.5, 0.6) is 5.75 Å². The maximum Gasteiger partial charge on any atom is 0.224 e. The van der Waals surface area contributed by atoms with Crippen molar-refractivity contribution in [2.75, 3.05) is 12.4 Å². The van der Waals surface area contributed by atoms with Crippen molar-refractivity contribution in [3.05, 3.63) is 60.3 Å². The monoisotopic (exact) mass is 294 g/mol. The fraction of sp³-hybridized carbons (Fsp3) is 0.167. The third-order valence-corrected chi connectivity index (χ3v) is 3.65. The van der Waals surface area contributed by atoms with Crippen molar-refractivity contribution in [1.29, 1.82) is 0 Å². The summed E-state index contributed by atoms with van der Waals surface area (Å²) in [5.41, 5.74) is 2.86. The molecular formula is C18H18N2O2. The summed E-state index contributed by atoms with van der Waals surface area (Å²) in [5, 5.41) is 4.06. The van der Waals surface area contributed by atoms with E-state index in [9.17, 15) is 4.79 Å². The van der Waals surface area contributed by atoms with Gasteiger partial charge in [-0.2, -0.15) is 0 Å². The van der Waals surface area contributed by atoms with Crippen LogP contribution in [0.15, 0.2) is 54.7 Å². The fourth-order valence-electron chi connectivity index (χ4n) is 2.51. The van der Waals surface area contributed by atoms with Gasteiger partial charge in [-0.1, -0.05) is 24.3 Å². The molecule has 1 heterocycles. The molecule has 1 aromatic heterocycles. The molecule has 0 atom stereocenters. The van der Waals surface area contributed by atoms with Gasteiger partial charge >= 0.3 is 0 Å². The number of para-hydroxylation sites is 1. The van der Waals surface area contributed by atoms with E-state index in [4.69, 9.17) is 4.74 Å². The van der Waals surface area contributed by atoms with Gasteiger partial charge < -0.3 is 15.0 Å². The number of aromatic amines is 1. The molecule has 3 rings (SSSR count). The van der Waals surface area contributed by atoms with E-state index < -0.39 is 0 Å². The number of methoxy groups -OCH3 is 1. The molecule has 112 valence electrons. The number of fused-ring (bicyclic) bond motifs is 1. The Morgan fingerprint density at radius 2 is 2.05 bits per heavy atom. The maximum absolute atomic E-state index is 12.1. The molecule has 0 saturated heterocycles. The molecule has 2 N–H and O–H groups in total. The molecule has 3 aromatic rings. The number of aromatic nitrogens is 1. The van der Waals surface area contributed by atoms with Gasteiger partial charge in [0.1, 0.15) is 5.75 Å². The number of hydrogen-bond acceptors (Lipinski definition) is 2. The van der Waals surface area contributed by atoms with E-state index in [2.05, 4.69) is 10.3 Å². The minimum atomic E-state index is -0.00295. The van der Waals surface area contributed by atoms with Crippen LogP contribution in [0.2, 0.25) is 0 Å². The van der Waals surface area contributed by atoms with E-state index in [1.54, 1.807) is 7.11 Å². The van der Waals surface area contributed by atoms with Crippen molar-refractivity contribution in [3.63, 3.8) is 0 Å². The number of anilines is 1. The zero-order valence-corrected chi connectivity index (χ0v) is 12.4. The molecule has 1 amide bonds. The van der Waals surface area contributed by atoms with Crippen molar-refractivity contribution in [2.24, 2.45) is 0 Å². The second-order valence-electron chi connectivity index (χ2n) is 5.14. The van der Waals surface area contributed by atoms with Crippen molar-refractivity contribution in [2.45, 2.75) is 12.8 Å². The number of amides is 1. The zero-order chi connectivity index (χ0) is 15.4. The van der Waals surface area contributed by atoms with Crippen molar-refractivity contribution in [3.8, 4) is 5.75 Å². The summed E-state index contributed by atoms with van der Waals surface area (Å²) < 4.78 is 5.30. The number of carbonyl (C=O) groups is 1. The molecule has 0 aliphatic heterocycles. The molecule has 0 aliphatic carbocycles. The molecule has 0 unspecified atom stereocenters. The smallest absolute Gasteiger partial charge is 0.224 e. The molecule has 4 nitrogen and oxygen atoms in total. The molecule has 0 aliphatic rings. The van der Waals surface area contributed by atoms with Crippen molar-refractivity contribution in [1.82, 2.24) is 4.98 Å². The maximum atomic E-state index is 12.1. The van der Waals surface area contributed by atoms with Crippen molar-refractivity contribution < 1.29 is 9.53 Å². The first kappa shape index (κ1) is 14.2. The second-order valence-corrected chi connectivity index (χ2v) is 5.14. The Bertz CT molecular complexity index is 792. The van der Waals surface area contributed by atoms with E-state index in [1.165, 1.54) is 0 Å². The molecule has 0 saturated carbocycles. The zero-order valence-electron chi connectivity index (χ0n) is 12.4. The average molecular weight is 294 g/mol. The first-order chi connectivity index (χ1) is 10.8. The number of rotatable bonds is 5. The highest BCUT2D eigenvalue weighted by atomic mass is 16.5. The Labute approximate surface area is 129 Å². The van der Waals surface area contributed by atoms with Gasteiger partial charge in [0.2, 0.25) is 5.91 Å². The van der Waals surface area contributed by atoms with E-state index in [0.29, 0.717) is 12.8 Å². The summed E-state index contributed by atoms with van der Waals surface area (Å²) in [6.07, 6.45) is 2.96. The van der Waals surface area contributed by atoms with Crippen molar-refractivity contribution >= 4 is 22.5 Å². The predicted molar refractivity (Wildman–Crippen MR) is 88.2 cm³/mol. The number of ether oxygens (including phenoxy) is 1.